The number of rotatable bonds is 4. The van der Waals surface area contributed by atoms with Crippen LogP contribution in [0.5, 0.6) is 5.75 Å². The molecule has 19 heavy (non-hydrogen) atoms. The lowest BCUT2D eigenvalue weighted by atomic mass is 10.2. The molecule has 2 aromatic rings. The molecular formula is C13H9Br2FO2S. The maximum Gasteiger partial charge on any atom is 0.202 e. The van der Waals surface area contributed by atoms with Crippen molar-refractivity contribution in [2.75, 3.05) is 6.61 Å². The number of ether oxygens (including phenoxy) is 1. The number of carbonyl (C=O) groups excluding carboxylic acids is 1. The number of halogens is 3. The number of carbonyl (C=O) groups is 1. The lowest BCUT2D eigenvalue weighted by Gasteiger charge is -2.08. The first-order valence-corrected chi connectivity index (χ1v) is 7.74. The van der Waals surface area contributed by atoms with E-state index in [1.165, 1.54) is 29.5 Å². The molecule has 0 aliphatic carbocycles. The summed E-state index contributed by atoms with van der Waals surface area (Å²) in [5.74, 6) is 0.0680. The molecule has 0 saturated carbocycles. The van der Waals surface area contributed by atoms with Crippen molar-refractivity contribution in [3.05, 3.63) is 48.8 Å². The molecular weight excluding hydrogens is 399 g/mol. The maximum absolute atomic E-state index is 12.9. The van der Waals surface area contributed by atoms with E-state index < -0.39 is 0 Å². The molecule has 0 atom stereocenters. The second-order valence-corrected chi connectivity index (χ2v) is 7.61. The Hall–Kier alpha value is -0.720. The van der Waals surface area contributed by atoms with Crippen molar-refractivity contribution in [2.45, 2.75) is 6.92 Å². The number of Topliss-reactive ketones (excluding diaryl/α,β-unsaturated/α-hetero) is 1. The Morgan fingerprint density at radius 2 is 2.11 bits per heavy atom. The third-order valence-electron chi connectivity index (χ3n) is 2.45. The van der Waals surface area contributed by atoms with Crippen molar-refractivity contribution >= 4 is 49.0 Å². The predicted octanol–water partition coefficient (Wildman–Crippen LogP) is 4.98. The van der Waals surface area contributed by atoms with Gasteiger partial charge in [-0.25, -0.2) is 4.39 Å². The van der Waals surface area contributed by atoms with E-state index >= 15 is 0 Å². The van der Waals surface area contributed by atoms with E-state index in [4.69, 9.17) is 4.74 Å². The van der Waals surface area contributed by atoms with E-state index in [0.717, 1.165) is 7.57 Å². The van der Waals surface area contributed by atoms with Gasteiger partial charge in [-0.05, 0) is 68.6 Å². The van der Waals surface area contributed by atoms with Crippen molar-refractivity contribution in [1.29, 1.82) is 0 Å². The minimum Gasteiger partial charge on any atom is -0.485 e. The summed E-state index contributed by atoms with van der Waals surface area (Å²) in [7, 11) is 0. The number of benzene rings is 1. The average molecular weight is 408 g/mol. The molecule has 100 valence electrons. The largest absolute Gasteiger partial charge is 0.485 e. The number of hydrogen-bond acceptors (Lipinski definition) is 3. The smallest absolute Gasteiger partial charge is 0.202 e. The van der Waals surface area contributed by atoms with Crippen LogP contribution in [0.2, 0.25) is 0 Å². The summed E-state index contributed by atoms with van der Waals surface area (Å²) in [6.07, 6.45) is 0. The first-order valence-electron chi connectivity index (χ1n) is 5.34. The summed E-state index contributed by atoms with van der Waals surface area (Å²) >= 11 is 8.08. The molecule has 0 aliphatic heterocycles. The highest BCUT2D eigenvalue weighted by atomic mass is 79.9. The van der Waals surface area contributed by atoms with E-state index in [0.29, 0.717) is 16.9 Å². The summed E-state index contributed by atoms with van der Waals surface area (Å²) in [4.78, 5) is 12.0. The Kier molecular flexibility index (Phi) is 4.76. The minimum absolute atomic E-state index is 0.0752. The van der Waals surface area contributed by atoms with Gasteiger partial charge in [-0.3, -0.25) is 4.79 Å². The molecule has 0 saturated heterocycles. The van der Waals surface area contributed by atoms with Crippen LogP contribution in [0.3, 0.4) is 0 Å². The average Bonchev–Trinajstić information content (AvgIpc) is 2.67. The van der Waals surface area contributed by atoms with Crippen molar-refractivity contribution in [3.8, 4) is 5.75 Å². The van der Waals surface area contributed by atoms with Crippen molar-refractivity contribution in [2.24, 2.45) is 0 Å². The topological polar surface area (TPSA) is 26.3 Å². The summed E-state index contributed by atoms with van der Waals surface area (Å²) < 4.78 is 20.0. The van der Waals surface area contributed by atoms with Crippen LogP contribution >= 0.6 is 43.2 Å². The molecule has 1 aromatic heterocycles. The van der Waals surface area contributed by atoms with Crippen LogP contribution in [-0.2, 0) is 0 Å². The molecule has 0 radical (unpaired) electrons. The minimum atomic E-state index is -0.319. The van der Waals surface area contributed by atoms with Crippen LogP contribution < -0.4 is 4.74 Å². The Morgan fingerprint density at radius 1 is 1.37 bits per heavy atom. The highest BCUT2D eigenvalue weighted by Crippen LogP contribution is 2.32. The molecule has 0 spiro atoms. The second-order valence-electron chi connectivity index (χ2n) is 3.86. The fourth-order valence-electron chi connectivity index (χ4n) is 1.53. The van der Waals surface area contributed by atoms with E-state index in [9.17, 15) is 9.18 Å². The summed E-state index contributed by atoms with van der Waals surface area (Å²) in [6.45, 7) is 1.66. The van der Waals surface area contributed by atoms with Gasteiger partial charge in [0.25, 0.3) is 0 Å². The number of aryl methyl sites for hydroxylation is 1. The van der Waals surface area contributed by atoms with E-state index in [1.54, 1.807) is 13.0 Å². The standard InChI is InChI=1S/C13H9Br2FO2S/c1-7-4-8(16)2-3-11(7)18-6-10(17)9-5-12(14)19-13(9)15/h2-5H,6H2,1H3. The van der Waals surface area contributed by atoms with Gasteiger partial charge in [-0.2, -0.15) is 0 Å². The van der Waals surface area contributed by atoms with Crippen LogP contribution in [0.4, 0.5) is 4.39 Å². The number of thiophene rings is 1. The third kappa shape index (κ3) is 3.64. The predicted molar refractivity (Wildman–Crippen MR) is 80.7 cm³/mol. The lowest BCUT2D eigenvalue weighted by molar-refractivity contribution is 0.0921. The van der Waals surface area contributed by atoms with Crippen LogP contribution in [0.1, 0.15) is 15.9 Å². The van der Waals surface area contributed by atoms with Crippen molar-refractivity contribution in [3.63, 3.8) is 0 Å². The summed E-state index contributed by atoms with van der Waals surface area (Å²) in [5.41, 5.74) is 1.25. The number of ketones is 1. The molecule has 2 nitrogen and oxygen atoms in total. The molecule has 0 N–H and O–H groups in total. The lowest BCUT2D eigenvalue weighted by Crippen LogP contribution is -2.11. The maximum atomic E-state index is 12.9. The highest BCUT2D eigenvalue weighted by molar-refractivity contribution is 9.12. The van der Waals surface area contributed by atoms with Crippen LogP contribution in [-0.4, -0.2) is 12.4 Å². The molecule has 0 bridgehead atoms. The van der Waals surface area contributed by atoms with Gasteiger partial charge >= 0.3 is 0 Å². The fraction of sp³-hybridized carbons (Fsp3) is 0.154. The van der Waals surface area contributed by atoms with E-state index in [1.807, 2.05) is 0 Å². The zero-order valence-electron chi connectivity index (χ0n) is 9.88. The normalized spacial score (nSPS) is 10.5. The van der Waals surface area contributed by atoms with E-state index in [-0.39, 0.29) is 18.2 Å². The first kappa shape index (κ1) is 14.7. The molecule has 0 amide bonds. The Morgan fingerprint density at radius 3 is 2.68 bits per heavy atom. The molecule has 2 rings (SSSR count). The van der Waals surface area contributed by atoms with Crippen LogP contribution in [0.15, 0.2) is 31.8 Å². The zero-order chi connectivity index (χ0) is 14.0. The second kappa shape index (κ2) is 6.15. The van der Waals surface area contributed by atoms with Gasteiger partial charge < -0.3 is 4.74 Å². The Bertz CT molecular complexity index is 625. The van der Waals surface area contributed by atoms with Gasteiger partial charge in [-0.15, -0.1) is 11.3 Å². The van der Waals surface area contributed by atoms with Gasteiger partial charge in [0.15, 0.2) is 6.61 Å². The van der Waals surface area contributed by atoms with Crippen LogP contribution in [0.25, 0.3) is 0 Å². The molecule has 0 unspecified atom stereocenters. The summed E-state index contributed by atoms with van der Waals surface area (Å²) in [6, 6.07) is 5.95. The molecule has 6 heteroatoms. The molecule has 0 aliphatic rings. The molecule has 1 heterocycles. The van der Waals surface area contributed by atoms with Gasteiger partial charge in [0, 0.05) is 5.56 Å². The van der Waals surface area contributed by atoms with Crippen LogP contribution in [0, 0.1) is 12.7 Å². The van der Waals surface area contributed by atoms with Gasteiger partial charge in [-0.1, -0.05) is 0 Å². The molecule has 1 aromatic carbocycles. The molecule has 0 fully saturated rings. The van der Waals surface area contributed by atoms with Gasteiger partial charge in [0.1, 0.15) is 11.6 Å². The zero-order valence-corrected chi connectivity index (χ0v) is 13.9. The number of hydrogen-bond donors (Lipinski definition) is 0. The monoisotopic (exact) mass is 406 g/mol. The fourth-order valence-corrected chi connectivity index (χ4v) is 4.38. The Labute approximate surface area is 130 Å². The quantitative estimate of drug-likeness (QED) is 0.668. The first-order chi connectivity index (χ1) is 8.97. The van der Waals surface area contributed by atoms with Crippen molar-refractivity contribution in [1.82, 2.24) is 0 Å². The highest BCUT2D eigenvalue weighted by Gasteiger charge is 2.14. The van der Waals surface area contributed by atoms with Gasteiger partial charge in [0.2, 0.25) is 5.78 Å². The van der Waals surface area contributed by atoms with Gasteiger partial charge in [0.05, 0.1) is 7.57 Å². The Balaban J connectivity index is 2.06. The summed E-state index contributed by atoms with van der Waals surface area (Å²) in [5, 5.41) is 0. The van der Waals surface area contributed by atoms with Crippen molar-refractivity contribution < 1.29 is 13.9 Å². The van der Waals surface area contributed by atoms with E-state index in [2.05, 4.69) is 31.9 Å². The SMILES string of the molecule is Cc1cc(F)ccc1OCC(=O)c1cc(Br)sc1Br. The third-order valence-corrected chi connectivity index (χ3v) is 4.79.